The van der Waals surface area contributed by atoms with Crippen LogP contribution in [0.5, 0.6) is 0 Å². The summed E-state index contributed by atoms with van der Waals surface area (Å²) in [6.07, 6.45) is 1.82. The molecule has 0 saturated heterocycles. The second-order valence-electron chi connectivity index (χ2n) is 1.72. The van der Waals surface area contributed by atoms with Gasteiger partial charge in [-0.1, -0.05) is 6.08 Å². The summed E-state index contributed by atoms with van der Waals surface area (Å²) in [5.41, 5.74) is 5.17. The van der Waals surface area contributed by atoms with Gasteiger partial charge in [-0.15, -0.1) is 0 Å². The van der Waals surface area contributed by atoms with Crippen molar-refractivity contribution >= 4 is 12.3 Å². The minimum atomic E-state index is -1.19. The van der Waals surface area contributed by atoms with Crippen LogP contribution in [0.25, 0.3) is 0 Å². The average Bonchev–Trinajstić information content (AvgIpc) is 1.90. The average molecular weight is 143 g/mol. The van der Waals surface area contributed by atoms with Crippen LogP contribution >= 0.6 is 0 Å². The topological polar surface area (TPSA) is 80.4 Å². The minimum absolute atomic E-state index is 0.0903. The molecule has 0 aliphatic carbocycles. The number of carbonyl (C=O) groups is 2. The molecular weight excluding hydrogens is 134 g/mol. The Hall–Kier alpha value is -1.16. The van der Waals surface area contributed by atoms with Gasteiger partial charge in [-0.05, 0) is 6.92 Å². The number of carboxylic acid groups (broad SMARTS) is 1. The van der Waals surface area contributed by atoms with Crippen LogP contribution in [0.15, 0.2) is 11.6 Å². The number of carboxylic acids is 1. The molecule has 0 spiro atoms. The normalized spacial score (nSPS) is 14.4. The van der Waals surface area contributed by atoms with Crippen LogP contribution in [-0.2, 0) is 9.59 Å². The third-order valence-electron chi connectivity index (χ3n) is 1.09. The van der Waals surface area contributed by atoms with E-state index in [4.69, 9.17) is 10.8 Å². The van der Waals surface area contributed by atoms with E-state index in [2.05, 4.69) is 0 Å². The minimum Gasteiger partial charge on any atom is -0.480 e. The van der Waals surface area contributed by atoms with E-state index in [9.17, 15) is 9.59 Å². The van der Waals surface area contributed by atoms with Gasteiger partial charge >= 0.3 is 5.97 Å². The van der Waals surface area contributed by atoms with E-state index in [0.717, 1.165) is 0 Å². The summed E-state index contributed by atoms with van der Waals surface area (Å²) in [5.74, 6) is -1.19. The summed E-state index contributed by atoms with van der Waals surface area (Å²) >= 11 is 0. The van der Waals surface area contributed by atoms with Gasteiger partial charge in [0.05, 0.1) is 0 Å². The number of nitrogens with two attached hydrogens (primary N) is 1. The van der Waals surface area contributed by atoms with Gasteiger partial charge in [0, 0.05) is 5.57 Å². The van der Waals surface area contributed by atoms with E-state index >= 15 is 0 Å². The Balaban J connectivity index is 4.31. The molecule has 0 aromatic rings. The van der Waals surface area contributed by atoms with Crippen molar-refractivity contribution in [1.29, 1.82) is 0 Å². The Morgan fingerprint density at radius 2 is 2.20 bits per heavy atom. The molecule has 0 aliphatic heterocycles. The molecule has 0 aliphatic rings. The van der Waals surface area contributed by atoms with Crippen molar-refractivity contribution in [2.45, 2.75) is 13.0 Å². The van der Waals surface area contributed by atoms with E-state index in [1.54, 1.807) is 6.92 Å². The lowest BCUT2D eigenvalue weighted by Crippen LogP contribution is -2.32. The molecule has 0 radical (unpaired) electrons. The van der Waals surface area contributed by atoms with Gasteiger partial charge in [-0.25, -0.2) is 0 Å². The van der Waals surface area contributed by atoms with E-state index in [0.29, 0.717) is 6.29 Å². The molecule has 56 valence electrons. The maximum Gasteiger partial charge on any atom is 0.325 e. The summed E-state index contributed by atoms with van der Waals surface area (Å²) in [7, 11) is 0. The lowest BCUT2D eigenvalue weighted by Gasteiger charge is -2.02. The van der Waals surface area contributed by atoms with Gasteiger partial charge in [0.25, 0.3) is 0 Å². The molecule has 0 fully saturated rings. The molecule has 4 heteroatoms. The zero-order valence-corrected chi connectivity index (χ0v) is 5.57. The highest BCUT2D eigenvalue weighted by Gasteiger charge is 2.14. The summed E-state index contributed by atoms with van der Waals surface area (Å²) in [6.45, 7) is 1.56. The smallest absolute Gasteiger partial charge is 0.325 e. The fourth-order valence-electron chi connectivity index (χ4n) is 0.463. The summed E-state index contributed by atoms with van der Waals surface area (Å²) in [6, 6.07) is -1.19. The fraction of sp³-hybridized carbons (Fsp3) is 0.333. The Kier molecular flexibility index (Phi) is 3.35. The summed E-state index contributed by atoms with van der Waals surface area (Å²) in [5, 5.41) is 8.29. The molecular formula is C6H9NO3. The lowest BCUT2D eigenvalue weighted by atomic mass is 10.1. The highest BCUT2D eigenvalue weighted by molar-refractivity contribution is 5.88. The van der Waals surface area contributed by atoms with Gasteiger partial charge in [0.1, 0.15) is 12.3 Å². The molecule has 4 nitrogen and oxygen atoms in total. The Bertz CT molecular complexity index is 174. The van der Waals surface area contributed by atoms with Gasteiger partial charge in [-0.2, -0.15) is 0 Å². The van der Waals surface area contributed by atoms with Gasteiger partial charge in [0.2, 0.25) is 0 Å². The Labute approximate surface area is 58.3 Å². The van der Waals surface area contributed by atoms with Crippen LogP contribution in [0.3, 0.4) is 0 Å². The number of allylic oxidation sites excluding steroid dienone is 1. The van der Waals surface area contributed by atoms with Crippen LogP contribution in [0.4, 0.5) is 0 Å². The summed E-state index contributed by atoms with van der Waals surface area (Å²) < 4.78 is 0. The van der Waals surface area contributed by atoms with Gasteiger partial charge in [-0.3, -0.25) is 9.59 Å². The SMILES string of the molecule is CC=C(C=O)[C@H](N)C(=O)O. The van der Waals surface area contributed by atoms with Gasteiger partial charge in [0.15, 0.2) is 0 Å². The zero-order chi connectivity index (χ0) is 8.15. The molecule has 0 saturated carbocycles. The Morgan fingerprint density at radius 3 is 2.30 bits per heavy atom. The first kappa shape index (κ1) is 8.84. The second kappa shape index (κ2) is 3.79. The zero-order valence-electron chi connectivity index (χ0n) is 5.57. The number of carbonyl (C=O) groups excluding carboxylic acids is 1. The third-order valence-corrected chi connectivity index (χ3v) is 1.09. The molecule has 0 unspecified atom stereocenters. The number of aldehydes is 1. The van der Waals surface area contributed by atoms with Gasteiger partial charge < -0.3 is 10.8 Å². The van der Waals surface area contributed by atoms with Crippen molar-refractivity contribution in [3.8, 4) is 0 Å². The standard InChI is InChI=1S/C6H9NO3/c1-2-4(3-8)5(7)6(9)10/h2-3,5H,7H2,1H3,(H,9,10)/t5-/m0/s1. The van der Waals surface area contributed by atoms with Crippen molar-refractivity contribution < 1.29 is 14.7 Å². The van der Waals surface area contributed by atoms with Crippen molar-refractivity contribution in [1.82, 2.24) is 0 Å². The Morgan fingerprint density at radius 1 is 1.70 bits per heavy atom. The molecule has 0 aromatic heterocycles. The van der Waals surface area contributed by atoms with Crippen LogP contribution in [0.1, 0.15) is 6.92 Å². The van der Waals surface area contributed by atoms with Crippen LogP contribution in [-0.4, -0.2) is 23.4 Å². The van der Waals surface area contributed by atoms with Crippen LogP contribution in [0, 0.1) is 0 Å². The predicted molar refractivity (Wildman–Crippen MR) is 35.4 cm³/mol. The molecule has 0 rings (SSSR count). The molecule has 0 aromatic carbocycles. The first-order chi connectivity index (χ1) is 4.63. The fourth-order valence-corrected chi connectivity index (χ4v) is 0.463. The molecule has 3 N–H and O–H groups in total. The van der Waals surface area contributed by atoms with Crippen LogP contribution in [0.2, 0.25) is 0 Å². The quantitative estimate of drug-likeness (QED) is 0.414. The predicted octanol–water partition coefficient (Wildman–Crippen LogP) is -0.457. The van der Waals surface area contributed by atoms with E-state index in [1.807, 2.05) is 0 Å². The molecule has 0 heterocycles. The molecule has 0 amide bonds. The third kappa shape index (κ3) is 1.99. The van der Waals surface area contributed by atoms with Crippen molar-refractivity contribution in [2.75, 3.05) is 0 Å². The monoisotopic (exact) mass is 143 g/mol. The van der Waals surface area contributed by atoms with Crippen molar-refractivity contribution in [2.24, 2.45) is 5.73 Å². The maximum atomic E-state index is 10.1. The summed E-state index contributed by atoms with van der Waals surface area (Å²) in [4.78, 5) is 20.2. The first-order valence-corrected chi connectivity index (χ1v) is 2.73. The lowest BCUT2D eigenvalue weighted by molar-refractivity contribution is -0.138. The molecule has 10 heavy (non-hydrogen) atoms. The highest BCUT2D eigenvalue weighted by atomic mass is 16.4. The second-order valence-corrected chi connectivity index (χ2v) is 1.72. The first-order valence-electron chi connectivity index (χ1n) is 2.73. The molecule has 0 bridgehead atoms. The number of hydrogen-bond donors (Lipinski definition) is 2. The van der Waals surface area contributed by atoms with E-state index < -0.39 is 12.0 Å². The number of rotatable bonds is 3. The molecule has 1 atom stereocenters. The number of aliphatic carboxylic acids is 1. The van der Waals surface area contributed by atoms with Crippen LogP contribution < -0.4 is 5.73 Å². The number of hydrogen-bond acceptors (Lipinski definition) is 3. The van der Waals surface area contributed by atoms with E-state index in [-0.39, 0.29) is 5.57 Å². The highest BCUT2D eigenvalue weighted by Crippen LogP contribution is 1.94. The van der Waals surface area contributed by atoms with E-state index in [1.165, 1.54) is 6.08 Å². The largest absolute Gasteiger partial charge is 0.480 e. The maximum absolute atomic E-state index is 10.1. The van der Waals surface area contributed by atoms with Crippen molar-refractivity contribution in [3.05, 3.63) is 11.6 Å². The van der Waals surface area contributed by atoms with Crippen molar-refractivity contribution in [3.63, 3.8) is 0 Å².